The molecule has 0 fully saturated rings. The number of hydrogen-bond acceptors (Lipinski definition) is 5. The van der Waals surface area contributed by atoms with E-state index < -0.39 is 0 Å². The Kier molecular flexibility index (Phi) is 5.94. The first-order chi connectivity index (χ1) is 13.2. The van der Waals surface area contributed by atoms with Crippen LogP contribution in [0, 0.1) is 5.82 Å². The van der Waals surface area contributed by atoms with Crippen molar-refractivity contribution in [3.05, 3.63) is 83.3 Å². The van der Waals surface area contributed by atoms with Crippen molar-refractivity contribution in [2.75, 3.05) is 12.4 Å². The van der Waals surface area contributed by atoms with Gasteiger partial charge in [0.2, 0.25) is 0 Å². The first kappa shape index (κ1) is 18.3. The van der Waals surface area contributed by atoms with E-state index in [9.17, 15) is 9.18 Å². The first-order valence-electron chi connectivity index (χ1n) is 8.38. The van der Waals surface area contributed by atoms with E-state index in [1.807, 2.05) is 24.3 Å². The molecule has 0 spiro atoms. The van der Waals surface area contributed by atoms with Crippen molar-refractivity contribution in [3.63, 3.8) is 0 Å². The Hall–Kier alpha value is -3.48. The fourth-order valence-electron chi connectivity index (χ4n) is 2.49. The van der Waals surface area contributed by atoms with Gasteiger partial charge >= 0.3 is 0 Å². The quantitative estimate of drug-likeness (QED) is 0.672. The second kappa shape index (κ2) is 8.75. The number of ether oxygens (including phenoxy) is 1. The van der Waals surface area contributed by atoms with Crippen LogP contribution in [-0.4, -0.2) is 23.2 Å². The van der Waals surface area contributed by atoms with Crippen molar-refractivity contribution < 1.29 is 13.9 Å². The summed E-state index contributed by atoms with van der Waals surface area (Å²) in [5, 5.41) is 13.6. The lowest BCUT2D eigenvalue weighted by atomic mass is 10.2. The second-order valence-corrected chi connectivity index (χ2v) is 5.74. The van der Waals surface area contributed by atoms with Crippen LogP contribution >= 0.6 is 0 Å². The fourth-order valence-corrected chi connectivity index (χ4v) is 2.49. The molecule has 3 aromatic rings. The van der Waals surface area contributed by atoms with Crippen LogP contribution in [0.2, 0.25) is 0 Å². The summed E-state index contributed by atoms with van der Waals surface area (Å²) in [7, 11) is 1.58. The lowest BCUT2D eigenvalue weighted by Gasteiger charge is -2.09. The second-order valence-electron chi connectivity index (χ2n) is 5.74. The largest absolute Gasteiger partial charge is 0.496 e. The minimum atomic E-state index is -0.339. The van der Waals surface area contributed by atoms with Gasteiger partial charge in [-0.15, -0.1) is 10.2 Å². The molecule has 27 heavy (non-hydrogen) atoms. The van der Waals surface area contributed by atoms with E-state index in [1.54, 1.807) is 37.4 Å². The number of carbonyl (C=O) groups excluding carboxylic acids is 1. The molecule has 0 atom stereocenters. The topological polar surface area (TPSA) is 76.1 Å². The summed E-state index contributed by atoms with van der Waals surface area (Å²) in [6.07, 6.45) is 0. The molecule has 0 bridgehead atoms. The number of aromatic nitrogens is 2. The van der Waals surface area contributed by atoms with Gasteiger partial charge in [0.1, 0.15) is 17.4 Å². The average Bonchev–Trinajstić information content (AvgIpc) is 2.72. The predicted octanol–water partition coefficient (Wildman–Crippen LogP) is 3.17. The number of halogens is 1. The lowest BCUT2D eigenvalue weighted by molar-refractivity contribution is 0.0944. The van der Waals surface area contributed by atoms with Gasteiger partial charge < -0.3 is 15.4 Å². The molecular formula is C20H19FN4O2. The Morgan fingerprint density at radius 3 is 2.41 bits per heavy atom. The summed E-state index contributed by atoms with van der Waals surface area (Å²) < 4.78 is 18.9. The van der Waals surface area contributed by atoms with E-state index in [4.69, 9.17) is 4.74 Å². The minimum Gasteiger partial charge on any atom is -0.496 e. The molecule has 0 saturated heterocycles. The van der Waals surface area contributed by atoms with Crippen molar-refractivity contribution in [2.45, 2.75) is 13.1 Å². The van der Waals surface area contributed by atoms with Crippen molar-refractivity contribution in [1.29, 1.82) is 0 Å². The van der Waals surface area contributed by atoms with Crippen LogP contribution in [0.25, 0.3) is 0 Å². The molecule has 138 valence electrons. The van der Waals surface area contributed by atoms with Crippen LogP contribution in [-0.2, 0) is 13.1 Å². The van der Waals surface area contributed by atoms with Crippen LogP contribution in [0.4, 0.5) is 10.2 Å². The molecule has 7 heteroatoms. The number of amides is 1. The average molecular weight is 366 g/mol. The zero-order valence-electron chi connectivity index (χ0n) is 14.8. The molecule has 0 aliphatic heterocycles. The molecule has 1 amide bonds. The summed E-state index contributed by atoms with van der Waals surface area (Å²) in [6, 6.07) is 17.1. The van der Waals surface area contributed by atoms with Gasteiger partial charge in [-0.1, -0.05) is 36.4 Å². The van der Waals surface area contributed by atoms with Crippen molar-refractivity contribution in [1.82, 2.24) is 15.5 Å². The summed E-state index contributed by atoms with van der Waals surface area (Å²) in [5.74, 6) is 0.537. The molecule has 0 radical (unpaired) electrons. The lowest BCUT2D eigenvalue weighted by Crippen LogP contribution is -2.24. The Balaban J connectivity index is 1.56. The molecule has 1 aromatic heterocycles. The van der Waals surface area contributed by atoms with E-state index in [1.165, 1.54) is 6.07 Å². The van der Waals surface area contributed by atoms with Crippen LogP contribution < -0.4 is 15.4 Å². The van der Waals surface area contributed by atoms with Gasteiger partial charge in [0.05, 0.1) is 7.11 Å². The standard InChI is InChI=1S/C20H19FN4O2/c1-27-18-9-5-3-7-15(18)13-23-20(26)17-10-11-19(25-24-17)22-12-14-6-2-4-8-16(14)21/h2-11H,12-13H2,1H3,(H,22,25)(H,23,26). The predicted molar refractivity (Wildman–Crippen MR) is 99.9 cm³/mol. The molecule has 0 saturated carbocycles. The smallest absolute Gasteiger partial charge is 0.272 e. The Labute approximate surface area is 156 Å². The zero-order valence-corrected chi connectivity index (χ0v) is 14.8. The minimum absolute atomic E-state index is 0.196. The Morgan fingerprint density at radius 2 is 1.70 bits per heavy atom. The third-order valence-corrected chi connectivity index (χ3v) is 3.95. The maximum absolute atomic E-state index is 13.6. The molecule has 3 rings (SSSR count). The van der Waals surface area contributed by atoms with Gasteiger partial charge in [0, 0.05) is 24.2 Å². The molecule has 0 aliphatic carbocycles. The highest BCUT2D eigenvalue weighted by Crippen LogP contribution is 2.17. The van der Waals surface area contributed by atoms with Crippen molar-refractivity contribution >= 4 is 11.7 Å². The molecule has 0 unspecified atom stereocenters. The van der Waals surface area contributed by atoms with Crippen molar-refractivity contribution in [3.8, 4) is 5.75 Å². The molecule has 2 aromatic carbocycles. The molecular weight excluding hydrogens is 347 g/mol. The van der Waals surface area contributed by atoms with E-state index in [-0.39, 0.29) is 24.0 Å². The van der Waals surface area contributed by atoms with Gasteiger partial charge in [-0.25, -0.2) is 4.39 Å². The van der Waals surface area contributed by atoms with E-state index in [2.05, 4.69) is 20.8 Å². The number of nitrogens with zero attached hydrogens (tertiary/aromatic N) is 2. The Morgan fingerprint density at radius 1 is 0.963 bits per heavy atom. The fraction of sp³-hybridized carbons (Fsp3) is 0.150. The maximum Gasteiger partial charge on any atom is 0.272 e. The Bertz CT molecular complexity index is 916. The van der Waals surface area contributed by atoms with Crippen LogP contribution in [0.3, 0.4) is 0 Å². The zero-order chi connectivity index (χ0) is 19.1. The molecule has 0 aliphatic rings. The highest BCUT2D eigenvalue weighted by Gasteiger charge is 2.10. The molecule has 2 N–H and O–H groups in total. The van der Waals surface area contributed by atoms with E-state index >= 15 is 0 Å². The summed E-state index contributed by atoms with van der Waals surface area (Å²) in [5.41, 5.74) is 1.59. The van der Waals surface area contributed by atoms with Crippen LogP contribution in [0.5, 0.6) is 5.75 Å². The molecule has 6 nitrogen and oxygen atoms in total. The normalized spacial score (nSPS) is 10.3. The van der Waals surface area contributed by atoms with Gasteiger partial charge in [-0.3, -0.25) is 4.79 Å². The van der Waals surface area contributed by atoms with Gasteiger partial charge in [-0.05, 0) is 24.3 Å². The van der Waals surface area contributed by atoms with Gasteiger partial charge in [-0.2, -0.15) is 0 Å². The van der Waals surface area contributed by atoms with Crippen molar-refractivity contribution in [2.24, 2.45) is 0 Å². The summed E-state index contributed by atoms with van der Waals surface area (Å²) >= 11 is 0. The number of methoxy groups -OCH3 is 1. The monoisotopic (exact) mass is 366 g/mol. The van der Waals surface area contributed by atoms with Crippen LogP contribution in [0.1, 0.15) is 21.6 Å². The molecule has 1 heterocycles. The number of nitrogens with one attached hydrogen (secondary N) is 2. The number of para-hydroxylation sites is 1. The van der Waals surface area contributed by atoms with E-state index in [0.29, 0.717) is 23.7 Å². The maximum atomic E-state index is 13.6. The number of benzene rings is 2. The number of rotatable bonds is 7. The SMILES string of the molecule is COc1ccccc1CNC(=O)c1ccc(NCc2ccccc2F)nn1. The highest BCUT2D eigenvalue weighted by molar-refractivity contribution is 5.92. The van der Waals surface area contributed by atoms with E-state index in [0.717, 1.165) is 5.56 Å². The number of hydrogen-bond donors (Lipinski definition) is 2. The van der Waals surface area contributed by atoms with Crippen LogP contribution in [0.15, 0.2) is 60.7 Å². The number of carbonyl (C=O) groups is 1. The first-order valence-corrected chi connectivity index (χ1v) is 8.38. The third kappa shape index (κ3) is 4.78. The summed E-state index contributed by atoms with van der Waals surface area (Å²) in [4.78, 5) is 12.2. The summed E-state index contributed by atoms with van der Waals surface area (Å²) in [6.45, 7) is 0.596. The van der Waals surface area contributed by atoms with Gasteiger partial charge in [0.25, 0.3) is 5.91 Å². The number of anilines is 1. The third-order valence-electron chi connectivity index (χ3n) is 3.95. The van der Waals surface area contributed by atoms with Gasteiger partial charge in [0.15, 0.2) is 5.69 Å². The highest BCUT2D eigenvalue weighted by atomic mass is 19.1.